The lowest BCUT2D eigenvalue weighted by molar-refractivity contribution is -0.141. The van der Waals surface area contributed by atoms with Crippen LogP contribution in [0.1, 0.15) is 6.92 Å². The fourth-order valence-corrected chi connectivity index (χ4v) is 3.25. The highest BCUT2D eigenvalue weighted by Gasteiger charge is 2.30. The summed E-state index contributed by atoms with van der Waals surface area (Å²) >= 11 is 0. The summed E-state index contributed by atoms with van der Waals surface area (Å²) in [7, 11) is 1.51. The van der Waals surface area contributed by atoms with Crippen LogP contribution in [0.2, 0.25) is 0 Å². The van der Waals surface area contributed by atoms with Gasteiger partial charge < -0.3 is 18.6 Å². The van der Waals surface area contributed by atoms with E-state index in [2.05, 4.69) is 4.74 Å². The number of benzene rings is 3. The molecule has 36 heavy (non-hydrogen) atoms. The molecule has 0 saturated heterocycles. The van der Waals surface area contributed by atoms with Gasteiger partial charge in [-0.3, -0.25) is 4.79 Å². The van der Waals surface area contributed by atoms with Crippen LogP contribution in [0, 0.1) is 29.1 Å². The van der Waals surface area contributed by atoms with Gasteiger partial charge in [-0.2, -0.15) is 8.78 Å². The maximum absolute atomic E-state index is 13.8. The topological polar surface area (TPSA) is 75.0 Å². The zero-order valence-corrected chi connectivity index (χ0v) is 18.5. The van der Waals surface area contributed by atoms with E-state index in [4.69, 9.17) is 13.9 Å². The quantitative estimate of drug-likeness (QED) is 0.112. The number of rotatable bonds is 6. The normalized spacial score (nSPS) is 11.9. The minimum atomic E-state index is -2.36. The first kappa shape index (κ1) is 24.7. The second-order valence-electron chi connectivity index (χ2n) is 7.45. The van der Waals surface area contributed by atoms with Gasteiger partial charge in [0.05, 0.1) is 18.1 Å². The molecule has 0 N–H and O–H groups in total. The van der Waals surface area contributed by atoms with Crippen molar-refractivity contribution in [2.45, 2.75) is 13.0 Å². The summed E-state index contributed by atoms with van der Waals surface area (Å²) in [6, 6.07) is 10.5. The molecular formula is C25H15F5O6. The number of esters is 1. The summed E-state index contributed by atoms with van der Waals surface area (Å²) in [6.07, 6.45) is -0.536. The first-order chi connectivity index (χ1) is 17.1. The maximum atomic E-state index is 13.8. The number of carbonyl (C=O) groups is 1. The van der Waals surface area contributed by atoms with Crippen LogP contribution >= 0.6 is 0 Å². The van der Waals surface area contributed by atoms with E-state index in [1.54, 1.807) is 24.3 Å². The van der Waals surface area contributed by atoms with Gasteiger partial charge in [-0.1, -0.05) is 12.1 Å². The van der Waals surface area contributed by atoms with Crippen molar-refractivity contribution >= 4 is 16.9 Å². The highest BCUT2D eigenvalue weighted by atomic mass is 19.2. The fraction of sp³-hybridized carbons (Fsp3) is 0.120. The van der Waals surface area contributed by atoms with Crippen LogP contribution in [0.15, 0.2) is 57.9 Å². The second kappa shape index (κ2) is 9.68. The van der Waals surface area contributed by atoms with Crippen molar-refractivity contribution in [3.8, 4) is 28.4 Å². The largest absolute Gasteiger partial charge is 0.497 e. The van der Waals surface area contributed by atoms with Crippen LogP contribution in [0.25, 0.3) is 22.1 Å². The molecule has 6 nitrogen and oxygen atoms in total. The third kappa shape index (κ3) is 4.47. The molecule has 0 aliphatic rings. The molecule has 186 valence electrons. The molecule has 0 amide bonds. The molecule has 0 aliphatic heterocycles. The van der Waals surface area contributed by atoms with E-state index >= 15 is 0 Å². The minimum absolute atomic E-state index is 0.0656. The monoisotopic (exact) mass is 506 g/mol. The Hall–Kier alpha value is -4.41. The molecule has 0 radical (unpaired) electrons. The second-order valence-corrected chi connectivity index (χ2v) is 7.45. The third-order valence-electron chi connectivity index (χ3n) is 5.16. The molecule has 1 atom stereocenters. The molecule has 0 saturated carbocycles. The molecule has 0 bridgehead atoms. The van der Waals surface area contributed by atoms with Gasteiger partial charge in [-0.05, 0) is 36.8 Å². The predicted molar refractivity (Wildman–Crippen MR) is 116 cm³/mol. The number of hydrogen-bond donors (Lipinski definition) is 0. The van der Waals surface area contributed by atoms with E-state index in [1.807, 2.05) is 0 Å². The Labute approximate surface area is 199 Å². The van der Waals surface area contributed by atoms with E-state index in [0.717, 1.165) is 6.92 Å². The van der Waals surface area contributed by atoms with Crippen LogP contribution in [0.4, 0.5) is 22.0 Å². The van der Waals surface area contributed by atoms with Crippen LogP contribution < -0.4 is 19.6 Å². The molecule has 1 aromatic heterocycles. The molecule has 1 heterocycles. The number of halogens is 5. The van der Waals surface area contributed by atoms with Gasteiger partial charge in [0.15, 0.2) is 17.3 Å². The van der Waals surface area contributed by atoms with Crippen LogP contribution in [-0.2, 0) is 4.79 Å². The number of methoxy groups -OCH3 is 1. The Bertz CT molecular complexity index is 1500. The van der Waals surface area contributed by atoms with Gasteiger partial charge in [0.25, 0.3) is 0 Å². The molecule has 11 heteroatoms. The standard InChI is InChI=1S/C25H15F5O6/c1-11(35-24-21(29)19(27)18(26)20(28)22(24)30)25(32)36-14-7-8-15-17(9-14)34-10-16(23(15)31)12-3-5-13(33-2)6-4-12/h3-11H,1-2H3. The van der Waals surface area contributed by atoms with Crippen molar-refractivity contribution in [2.24, 2.45) is 0 Å². The van der Waals surface area contributed by atoms with Crippen molar-refractivity contribution in [3.05, 3.63) is 88.0 Å². The van der Waals surface area contributed by atoms with Gasteiger partial charge in [0.1, 0.15) is 23.3 Å². The van der Waals surface area contributed by atoms with Crippen molar-refractivity contribution in [1.29, 1.82) is 0 Å². The van der Waals surface area contributed by atoms with E-state index in [-0.39, 0.29) is 27.7 Å². The van der Waals surface area contributed by atoms with Crippen LogP contribution in [-0.4, -0.2) is 19.2 Å². The molecule has 3 aromatic carbocycles. The molecule has 1 unspecified atom stereocenters. The van der Waals surface area contributed by atoms with E-state index in [1.165, 1.54) is 31.6 Å². The summed E-state index contributed by atoms with van der Waals surface area (Å²) in [5, 5.41) is 0.175. The van der Waals surface area contributed by atoms with Gasteiger partial charge in [-0.25, -0.2) is 18.0 Å². The molecular weight excluding hydrogens is 491 g/mol. The van der Waals surface area contributed by atoms with Crippen LogP contribution in [0.3, 0.4) is 0 Å². The van der Waals surface area contributed by atoms with Crippen molar-refractivity contribution in [3.63, 3.8) is 0 Å². The van der Waals surface area contributed by atoms with E-state index < -0.39 is 46.9 Å². The Morgan fingerprint density at radius 2 is 1.44 bits per heavy atom. The summed E-state index contributed by atoms with van der Waals surface area (Å²) in [5.41, 5.74) is 0.569. The van der Waals surface area contributed by atoms with Gasteiger partial charge in [0.2, 0.25) is 29.1 Å². The Balaban J connectivity index is 1.55. The summed E-state index contributed by atoms with van der Waals surface area (Å²) < 4.78 is 87.8. The van der Waals surface area contributed by atoms with Crippen molar-refractivity contribution < 1.29 is 45.4 Å². The summed E-state index contributed by atoms with van der Waals surface area (Å²) in [5.74, 6) is -13.6. The molecule has 4 aromatic rings. The lowest BCUT2D eigenvalue weighted by atomic mass is 10.1. The average molecular weight is 506 g/mol. The highest BCUT2D eigenvalue weighted by Crippen LogP contribution is 2.30. The zero-order chi connectivity index (χ0) is 26.1. The minimum Gasteiger partial charge on any atom is -0.497 e. The maximum Gasteiger partial charge on any atom is 0.352 e. The smallest absolute Gasteiger partial charge is 0.352 e. The average Bonchev–Trinajstić information content (AvgIpc) is 2.89. The molecule has 0 spiro atoms. The number of ether oxygens (including phenoxy) is 3. The summed E-state index contributed by atoms with van der Waals surface area (Å²) in [4.78, 5) is 25.2. The predicted octanol–water partition coefficient (Wildman–Crippen LogP) is 5.54. The lowest BCUT2D eigenvalue weighted by Gasteiger charge is -2.15. The van der Waals surface area contributed by atoms with Gasteiger partial charge >= 0.3 is 5.97 Å². The van der Waals surface area contributed by atoms with Gasteiger partial charge in [0, 0.05) is 6.07 Å². The Morgan fingerprint density at radius 1 is 0.861 bits per heavy atom. The SMILES string of the molecule is COc1ccc(-c2coc3cc(OC(=O)C(C)Oc4c(F)c(F)c(F)c(F)c4F)ccc3c2=O)cc1. The number of hydrogen-bond acceptors (Lipinski definition) is 6. The van der Waals surface area contributed by atoms with E-state index in [0.29, 0.717) is 11.3 Å². The summed E-state index contributed by atoms with van der Waals surface area (Å²) in [6.45, 7) is 0.989. The number of carbonyl (C=O) groups excluding carboxylic acids is 1. The Kier molecular flexibility index (Phi) is 6.65. The number of fused-ring (bicyclic) bond motifs is 1. The van der Waals surface area contributed by atoms with Gasteiger partial charge in [-0.15, -0.1) is 0 Å². The zero-order valence-electron chi connectivity index (χ0n) is 18.5. The van der Waals surface area contributed by atoms with Crippen molar-refractivity contribution in [2.75, 3.05) is 7.11 Å². The lowest BCUT2D eigenvalue weighted by Crippen LogP contribution is -2.29. The molecule has 0 aliphatic carbocycles. The Morgan fingerprint density at radius 3 is 2.06 bits per heavy atom. The van der Waals surface area contributed by atoms with Crippen molar-refractivity contribution in [1.82, 2.24) is 0 Å². The van der Waals surface area contributed by atoms with E-state index in [9.17, 15) is 31.5 Å². The third-order valence-corrected chi connectivity index (χ3v) is 5.16. The highest BCUT2D eigenvalue weighted by molar-refractivity contribution is 5.84. The molecule has 4 rings (SSSR count). The first-order valence-corrected chi connectivity index (χ1v) is 10.2. The fourth-order valence-electron chi connectivity index (χ4n) is 3.25. The first-order valence-electron chi connectivity index (χ1n) is 10.2. The van der Waals surface area contributed by atoms with Crippen LogP contribution in [0.5, 0.6) is 17.2 Å². The molecule has 0 fully saturated rings.